The summed E-state index contributed by atoms with van der Waals surface area (Å²) in [5, 5.41) is 0.746. The first kappa shape index (κ1) is 33.7. The predicted molar refractivity (Wildman–Crippen MR) is 191 cm³/mol. The van der Waals surface area contributed by atoms with Gasteiger partial charge >= 0.3 is 12.1 Å². The largest absolute Gasteiger partial charge is 0.493 e. The van der Waals surface area contributed by atoms with Crippen molar-refractivity contribution in [1.29, 1.82) is 0 Å². The van der Waals surface area contributed by atoms with E-state index in [-0.39, 0.29) is 24.7 Å². The summed E-state index contributed by atoms with van der Waals surface area (Å²) in [6, 6.07) is 16.2. The third-order valence-corrected chi connectivity index (χ3v) is 11.3. The summed E-state index contributed by atoms with van der Waals surface area (Å²) >= 11 is 13.0. The zero-order chi connectivity index (χ0) is 35.1. The van der Waals surface area contributed by atoms with Crippen LogP contribution in [0.15, 0.2) is 79.4 Å². The van der Waals surface area contributed by atoms with E-state index in [1.54, 1.807) is 48.7 Å². The Balaban J connectivity index is 1.01. The number of aromatic nitrogens is 2. The van der Waals surface area contributed by atoms with Gasteiger partial charge in [-0.2, -0.15) is 0 Å². The van der Waals surface area contributed by atoms with Gasteiger partial charge in [-0.25, -0.2) is 9.59 Å². The minimum absolute atomic E-state index is 0.210. The summed E-state index contributed by atoms with van der Waals surface area (Å²) in [6.45, 7) is 3.71. The Bertz CT molecular complexity index is 1900. The number of hydrogen-bond acceptors (Lipinski definition) is 9. The van der Waals surface area contributed by atoms with Gasteiger partial charge in [-0.1, -0.05) is 41.4 Å². The lowest BCUT2D eigenvalue weighted by atomic mass is 10.0. The van der Waals surface area contributed by atoms with Crippen molar-refractivity contribution < 1.29 is 28.5 Å². The molecule has 9 rings (SSSR count). The van der Waals surface area contributed by atoms with E-state index in [4.69, 9.17) is 42.1 Å². The van der Waals surface area contributed by atoms with Crippen molar-refractivity contribution in [2.24, 2.45) is 17.8 Å². The smallest absolute Gasteiger partial charge is 0.415 e. The number of anilines is 1. The van der Waals surface area contributed by atoms with Gasteiger partial charge in [0, 0.05) is 49.9 Å². The molecule has 1 amide bonds. The maximum absolute atomic E-state index is 13.7. The molecule has 0 radical (unpaired) electrons. The maximum Gasteiger partial charge on any atom is 0.415 e. The van der Waals surface area contributed by atoms with Crippen molar-refractivity contribution in [2.45, 2.75) is 43.9 Å². The van der Waals surface area contributed by atoms with Gasteiger partial charge in [0.2, 0.25) is 0 Å². The highest BCUT2D eigenvalue weighted by Gasteiger charge is 2.74. The number of methoxy groups -OCH3 is 1. The fraction of sp³-hybridized carbons (Fsp3) is 0.385. The van der Waals surface area contributed by atoms with Gasteiger partial charge in [-0.15, -0.1) is 0 Å². The number of hydrogen-bond donors (Lipinski definition) is 0. The van der Waals surface area contributed by atoms with E-state index in [9.17, 15) is 9.59 Å². The number of fused-ring (bicyclic) bond motifs is 1. The van der Waals surface area contributed by atoms with Gasteiger partial charge in [-0.05, 0) is 84.8 Å². The quantitative estimate of drug-likeness (QED) is 0.129. The monoisotopic (exact) mass is 728 g/mol. The fourth-order valence-electron chi connectivity index (χ4n) is 7.57. The standard InChI is InChI=1S/C39H38Cl2N4O6/c1-48-34-11-10-27(15-36(34)49-22-25-4-5-25)35(16-29-32(40)18-43-19-33(29)41)50-37(46)26-8-6-24(7-9-26)20-45(28-3-2-13-42-17-28)38(47)51-39-23-44-14-12-30(39)31(39)21-44/h2-3,6-11,13,15,17-19,25,30-31,35H,4-5,12,14,16,20-23H2,1H3/t30?,31?,35-,39+/m0/s1. The van der Waals surface area contributed by atoms with Crippen molar-refractivity contribution in [3.05, 3.63) is 112 Å². The van der Waals surface area contributed by atoms with Crippen LogP contribution < -0.4 is 14.4 Å². The van der Waals surface area contributed by atoms with Crippen molar-refractivity contribution in [2.75, 3.05) is 38.3 Å². The molecule has 0 spiro atoms. The summed E-state index contributed by atoms with van der Waals surface area (Å²) < 4.78 is 24.1. The lowest BCUT2D eigenvalue weighted by molar-refractivity contribution is 0.0296. The van der Waals surface area contributed by atoms with Crippen LogP contribution in [-0.2, 0) is 22.4 Å². The first-order valence-electron chi connectivity index (χ1n) is 17.3. The second-order valence-electron chi connectivity index (χ2n) is 13.9. The predicted octanol–water partition coefficient (Wildman–Crippen LogP) is 7.57. The minimum Gasteiger partial charge on any atom is -0.493 e. The normalized spacial score (nSPS) is 23.2. The second-order valence-corrected chi connectivity index (χ2v) is 14.7. The fourth-order valence-corrected chi connectivity index (χ4v) is 8.09. The highest BCUT2D eigenvalue weighted by molar-refractivity contribution is 6.35. The van der Waals surface area contributed by atoms with E-state index in [1.807, 2.05) is 30.3 Å². The van der Waals surface area contributed by atoms with Crippen molar-refractivity contribution >= 4 is 41.0 Å². The molecule has 4 aromatic rings. The highest BCUT2D eigenvalue weighted by Crippen LogP contribution is 2.63. The third-order valence-electron chi connectivity index (χ3n) is 10.6. The topological polar surface area (TPSA) is 103 Å². The van der Waals surface area contributed by atoms with Crippen molar-refractivity contribution in [3.63, 3.8) is 0 Å². The van der Waals surface area contributed by atoms with Crippen LogP contribution in [0.5, 0.6) is 11.5 Å². The van der Waals surface area contributed by atoms with E-state index in [0.29, 0.717) is 68.3 Å². The molecule has 5 atom stereocenters. The average molecular weight is 730 g/mol. The molecule has 2 aromatic heterocycles. The van der Waals surface area contributed by atoms with E-state index in [0.717, 1.165) is 44.5 Å². The van der Waals surface area contributed by atoms with Crippen LogP contribution in [0.2, 0.25) is 10.0 Å². The molecule has 3 aliphatic heterocycles. The molecule has 4 bridgehead atoms. The van der Waals surface area contributed by atoms with E-state index >= 15 is 0 Å². The van der Waals surface area contributed by atoms with Crippen LogP contribution in [0.1, 0.15) is 52.4 Å². The molecule has 51 heavy (non-hydrogen) atoms. The number of piperidine rings is 3. The van der Waals surface area contributed by atoms with Gasteiger partial charge in [-0.3, -0.25) is 19.8 Å². The summed E-state index contributed by atoms with van der Waals surface area (Å²) in [6.07, 6.45) is 8.78. The van der Waals surface area contributed by atoms with Crippen LogP contribution in [-0.4, -0.2) is 65.9 Å². The second kappa shape index (κ2) is 14.0. The van der Waals surface area contributed by atoms with Gasteiger partial charge in [0.25, 0.3) is 0 Å². The zero-order valence-corrected chi connectivity index (χ0v) is 29.7. The summed E-state index contributed by atoms with van der Waals surface area (Å²) in [5.74, 6) is 2.04. The number of esters is 1. The Morgan fingerprint density at radius 1 is 0.980 bits per heavy atom. The first-order chi connectivity index (χ1) is 24.8. The van der Waals surface area contributed by atoms with Crippen molar-refractivity contribution in [3.8, 4) is 11.5 Å². The summed E-state index contributed by atoms with van der Waals surface area (Å²) in [5.41, 5.74) is 2.73. The molecule has 12 heteroatoms. The third kappa shape index (κ3) is 6.97. The molecule has 0 N–H and O–H groups in total. The molecule has 2 saturated carbocycles. The number of carbonyl (C=O) groups excluding carboxylic acids is 2. The van der Waals surface area contributed by atoms with E-state index in [1.165, 1.54) is 12.4 Å². The highest BCUT2D eigenvalue weighted by atomic mass is 35.5. The Kier molecular flexibility index (Phi) is 9.25. The molecule has 5 heterocycles. The molecule has 5 fully saturated rings. The van der Waals surface area contributed by atoms with Crippen LogP contribution in [0.25, 0.3) is 0 Å². The number of rotatable bonds is 13. The van der Waals surface area contributed by atoms with Crippen LogP contribution in [0.4, 0.5) is 10.5 Å². The molecule has 3 saturated heterocycles. The number of nitrogens with zero attached hydrogens (tertiary/aromatic N) is 4. The number of ether oxygens (including phenoxy) is 4. The molecule has 5 aliphatic rings. The molecular formula is C39H38Cl2N4O6. The molecule has 264 valence electrons. The Morgan fingerprint density at radius 2 is 1.78 bits per heavy atom. The van der Waals surface area contributed by atoms with Crippen LogP contribution >= 0.6 is 23.2 Å². The minimum atomic E-state index is -0.757. The molecule has 2 aromatic carbocycles. The van der Waals surface area contributed by atoms with Gasteiger partial charge in [0.05, 0.1) is 47.8 Å². The van der Waals surface area contributed by atoms with Crippen LogP contribution in [0, 0.1) is 17.8 Å². The lowest BCUT2D eigenvalue weighted by Crippen LogP contribution is -2.42. The summed E-state index contributed by atoms with van der Waals surface area (Å²) in [7, 11) is 1.59. The van der Waals surface area contributed by atoms with Crippen LogP contribution in [0.3, 0.4) is 0 Å². The number of amides is 1. The maximum atomic E-state index is 13.7. The molecule has 3 unspecified atom stereocenters. The molecular weight excluding hydrogens is 691 g/mol. The first-order valence-corrected chi connectivity index (χ1v) is 18.1. The Labute approximate surface area is 306 Å². The Hall–Kier alpha value is -4.38. The lowest BCUT2D eigenvalue weighted by Gasteiger charge is -2.31. The molecule has 2 aliphatic carbocycles. The molecule has 10 nitrogen and oxygen atoms in total. The van der Waals surface area contributed by atoms with Crippen molar-refractivity contribution in [1.82, 2.24) is 14.9 Å². The summed E-state index contributed by atoms with van der Waals surface area (Å²) in [4.78, 5) is 39.7. The SMILES string of the molecule is COc1ccc([C@H](Cc2c(Cl)cncc2Cl)OC(=O)c2ccc(CN(C(=O)O[C@]34CN5CCC3C4C5)c3cccnc3)cc2)cc1OCC1CC1. The number of halogens is 2. The zero-order valence-electron chi connectivity index (χ0n) is 28.2. The van der Waals surface area contributed by atoms with Gasteiger partial charge in [0.15, 0.2) is 11.5 Å². The van der Waals surface area contributed by atoms with E-state index in [2.05, 4.69) is 14.9 Å². The average Bonchev–Trinajstić information content (AvgIpc) is 4.07. The Morgan fingerprint density at radius 3 is 2.43 bits per heavy atom. The van der Waals surface area contributed by atoms with E-state index < -0.39 is 12.1 Å². The number of carbonyl (C=O) groups is 2. The van der Waals surface area contributed by atoms with Gasteiger partial charge in [0.1, 0.15) is 11.7 Å². The number of benzene rings is 2. The van der Waals surface area contributed by atoms with Gasteiger partial charge < -0.3 is 18.9 Å². The number of pyridine rings is 2.